The van der Waals surface area contributed by atoms with E-state index in [0.717, 1.165) is 6.61 Å². The van der Waals surface area contributed by atoms with Gasteiger partial charge in [-0.15, -0.1) is 0 Å². The zero-order chi connectivity index (χ0) is 12.7. The molecule has 2 N–H and O–H groups in total. The van der Waals surface area contributed by atoms with Crippen molar-refractivity contribution in [3.05, 3.63) is 0 Å². The highest BCUT2D eigenvalue weighted by molar-refractivity contribution is 5.73. The molecule has 17 heavy (non-hydrogen) atoms. The van der Waals surface area contributed by atoms with E-state index in [1.807, 2.05) is 5.48 Å². The summed E-state index contributed by atoms with van der Waals surface area (Å²) in [5.74, 6) is -0.436. The number of likely N-dealkylation sites (N-methyl/N-ethyl adjacent to an activating group) is 1. The maximum Gasteiger partial charge on any atom is 0.341 e. The van der Waals surface area contributed by atoms with Gasteiger partial charge in [0.1, 0.15) is 0 Å². The Morgan fingerprint density at radius 2 is 2.18 bits per heavy atom. The van der Waals surface area contributed by atoms with Crippen LogP contribution in [0.3, 0.4) is 0 Å². The Labute approximate surface area is 99.6 Å². The monoisotopic (exact) mass is 246 g/mol. The Morgan fingerprint density at radius 1 is 1.47 bits per heavy atom. The Morgan fingerprint density at radius 3 is 2.76 bits per heavy atom. The van der Waals surface area contributed by atoms with E-state index in [1.54, 1.807) is 7.05 Å². The molecule has 7 heteroatoms. The van der Waals surface area contributed by atoms with Crippen LogP contribution in [0.15, 0.2) is 0 Å². The number of aliphatic carboxylic acids is 1. The summed E-state index contributed by atoms with van der Waals surface area (Å²) < 4.78 is 5.36. The van der Waals surface area contributed by atoms with Crippen LogP contribution in [0.1, 0.15) is 12.8 Å². The smallest absolute Gasteiger partial charge is 0.341 e. The Balaban J connectivity index is 1.98. The quantitative estimate of drug-likeness (QED) is 0.467. The lowest BCUT2D eigenvalue weighted by Gasteiger charge is -2.17. The number of amides is 2. The summed E-state index contributed by atoms with van der Waals surface area (Å²) in [5, 5.41) is 8.29. The lowest BCUT2D eigenvalue weighted by atomic mass is 10.5. The standard InChI is InChI=1S/C10H18N2O5/c1-12(4-5-16-6-8-2-3-8)10(15)11-17-7-9(13)14/h8H,2-7H2,1H3,(H,11,15)(H,13,14). The van der Waals surface area contributed by atoms with Crippen LogP contribution in [-0.4, -0.2) is 55.4 Å². The molecule has 0 aliphatic heterocycles. The average molecular weight is 246 g/mol. The molecule has 0 aromatic heterocycles. The third-order valence-electron chi connectivity index (χ3n) is 2.32. The summed E-state index contributed by atoms with van der Waals surface area (Å²) in [6.07, 6.45) is 2.47. The van der Waals surface area contributed by atoms with Gasteiger partial charge < -0.3 is 14.7 Å². The predicted octanol–water partition coefficient (Wildman–Crippen LogP) is 0.0706. The first-order valence-corrected chi connectivity index (χ1v) is 5.52. The molecule has 0 saturated heterocycles. The number of carboxylic acids is 1. The number of ether oxygens (including phenoxy) is 1. The molecule has 1 rings (SSSR count). The number of nitrogens with one attached hydrogen (secondary N) is 1. The van der Waals surface area contributed by atoms with Crippen molar-refractivity contribution in [2.45, 2.75) is 12.8 Å². The molecule has 1 aliphatic rings. The third-order valence-corrected chi connectivity index (χ3v) is 2.32. The molecular formula is C10H18N2O5. The van der Waals surface area contributed by atoms with E-state index in [1.165, 1.54) is 17.7 Å². The van der Waals surface area contributed by atoms with Gasteiger partial charge in [-0.1, -0.05) is 0 Å². The zero-order valence-corrected chi connectivity index (χ0v) is 9.85. The first-order valence-electron chi connectivity index (χ1n) is 5.52. The van der Waals surface area contributed by atoms with Crippen LogP contribution >= 0.6 is 0 Å². The Hall–Kier alpha value is -1.34. The largest absolute Gasteiger partial charge is 0.479 e. The van der Waals surface area contributed by atoms with Gasteiger partial charge in [-0.2, -0.15) is 0 Å². The minimum atomic E-state index is -1.14. The maximum absolute atomic E-state index is 11.3. The van der Waals surface area contributed by atoms with E-state index in [2.05, 4.69) is 4.84 Å². The number of hydrogen-bond acceptors (Lipinski definition) is 4. The van der Waals surface area contributed by atoms with Gasteiger partial charge in [0.2, 0.25) is 0 Å². The Bertz CT molecular complexity index is 267. The highest BCUT2D eigenvalue weighted by Crippen LogP contribution is 2.28. The minimum Gasteiger partial charge on any atom is -0.479 e. The molecule has 0 heterocycles. The molecule has 2 amide bonds. The summed E-state index contributed by atoms with van der Waals surface area (Å²) in [7, 11) is 1.58. The lowest BCUT2D eigenvalue weighted by Crippen LogP contribution is -2.39. The van der Waals surface area contributed by atoms with Gasteiger partial charge in [-0.3, -0.25) is 4.84 Å². The summed E-state index contributed by atoms with van der Waals surface area (Å²) in [6.45, 7) is 1.11. The van der Waals surface area contributed by atoms with E-state index in [-0.39, 0.29) is 0 Å². The molecule has 1 saturated carbocycles. The number of carbonyl (C=O) groups is 2. The number of nitrogens with zero attached hydrogens (tertiary/aromatic N) is 1. The molecule has 0 unspecified atom stereocenters. The molecule has 0 radical (unpaired) electrons. The molecule has 0 aromatic rings. The molecule has 98 valence electrons. The van der Waals surface area contributed by atoms with Crippen LogP contribution in [0.4, 0.5) is 4.79 Å². The SMILES string of the molecule is CN(CCOCC1CC1)C(=O)NOCC(=O)O. The second-order valence-electron chi connectivity index (χ2n) is 4.03. The van der Waals surface area contributed by atoms with Gasteiger partial charge in [-0.25, -0.2) is 15.1 Å². The highest BCUT2D eigenvalue weighted by Gasteiger charge is 2.21. The topological polar surface area (TPSA) is 88.1 Å². The van der Waals surface area contributed by atoms with Crippen molar-refractivity contribution in [1.29, 1.82) is 0 Å². The van der Waals surface area contributed by atoms with E-state index < -0.39 is 18.6 Å². The summed E-state index contributed by atoms with van der Waals surface area (Å²) in [5.41, 5.74) is 2.03. The normalized spacial score (nSPS) is 14.4. The van der Waals surface area contributed by atoms with Gasteiger partial charge in [-0.05, 0) is 18.8 Å². The molecule has 0 aromatic carbocycles. The van der Waals surface area contributed by atoms with Crippen molar-refractivity contribution in [2.24, 2.45) is 5.92 Å². The van der Waals surface area contributed by atoms with Crippen molar-refractivity contribution < 1.29 is 24.3 Å². The summed E-state index contributed by atoms with van der Waals surface area (Å²) in [6, 6.07) is -0.485. The second-order valence-corrected chi connectivity index (χ2v) is 4.03. The van der Waals surface area contributed by atoms with Crippen LogP contribution in [-0.2, 0) is 14.4 Å². The van der Waals surface area contributed by atoms with E-state index in [0.29, 0.717) is 19.1 Å². The fourth-order valence-corrected chi connectivity index (χ4v) is 1.08. The first-order chi connectivity index (χ1) is 8.09. The van der Waals surface area contributed by atoms with Crippen molar-refractivity contribution in [3.63, 3.8) is 0 Å². The number of rotatable bonds is 8. The van der Waals surface area contributed by atoms with Crippen molar-refractivity contribution in [3.8, 4) is 0 Å². The fraction of sp³-hybridized carbons (Fsp3) is 0.800. The minimum absolute atomic E-state index is 0.439. The van der Waals surface area contributed by atoms with Crippen LogP contribution < -0.4 is 5.48 Å². The number of hydrogen-bond donors (Lipinski definition) is 2. The Kier molecular flexibility index (Phi) is 5.71. The number of carbonyl (C=O) groups excluding carboxylic acids is 1. The number of urea groups is 1. The van der Waals surface area contributed by atoms with Crippen molar-refractivity contribution in [2.75, 3.05) is 33.4 Å². The average Bonchev–Trinajstić information content (AvgIpc) is 3.07. The van der Waals surface area contributed by atoms with Crippen molar-refractivity contribution >= 4 is 12.0 Å². The molecule has 1 fully saturated rings. The van der Waals surface area contributed by atoms with Gasteiger partial charge in [0.05, 0.1) is 6.61 Å². The molecule has 0 bridgehead atoms. The lowest BCUT2D eigenvalue weighted by molar-refractivity contribution is -0.144. The number of hydroxylamine groups is 1. The predicted molar refractivity (Wildman–Crippen MR) is 58.3 cm³/mol. The molecular weight excluding hydrogens is 228 g/mol. The van der Waals surface area contributed by atoms with E-state index in [9.17, 15) is 9.59 Å². The third kappa shape index (κ3) is 6.75. The van der Waals surface area contributed by atoms with Gasteiger partial charge in [0, 0.05) is 20.2 Å². The molecule has 1 aliphatic carbocycles. The number of carboxylic acid groups (broad SMARTS) is 1. The van der Waals surface area contributed by atoms with Crippen LogP contribution in [0.5, 0.6) is 0 Å². The fourth-order valence-electron chi connectivity index (χ4n) is 1.08. The van der Waals surface area contributed by atoms with Crippen molar-refractivity contribution in [1.82, 2.24) is 10.4 Å². The molecule has 7 nitrogen and oxygen atoms in total. The summed E-state index contributed by atoms with van der Waals surface area (Å²) >= 11 is 0. The van der Waals surface area contributed by atoms with Gasteiger partial charge in [0.15, 0.2) is 6.61 Å². The highest BCUT2D eigenvalue weighted by atomic mass is 16.7. The van der Waals surface area contributed by atoms with Gasteiger partial charge >= 0.3 is 12.0 Å². The van der Waals surface area contributed by atoms with Gasteiger partial charge in [0.25, 0.3) is 0 Å². The van der Waals surface area contributed by atoms with E-state index >= 15 is 0 Å². The molecule has 0 spiro atoms. The second kappa shape index (κ2) is 7.08. The zero-order valence-electron chi connectivity index (χ0n) is 9.85. The van der Waals surface area contributed by atoms with E-state index in [4.69, 9.17) is 9.84 Å². The first kappa shape index (κ1) is 13.7. The maximum atomic E-state index is 11.3. The molecule has 0 atom stereocenters. The van der Waals surface area contributed by atoms with Crippen LogP contribution in [0.2, 0.25) is 0 Å². The van der Waals surface area contributed by atoms with Crippen LogP contribution in [0, 0.1) is 5.92 Å². The van der Waals surface area contributed by atoms with Crippen LogP contribution in [0.25, 0.3) is 0 Å². The summed E-state index contributed by atoms with van der Waals surface area (Å²) in [4.78, 5) is 27.2.